The minimum Gasteiger partial charge on any atom is -0.494 e. The van der Waals surface area contributed by atoms with Crippen LogP contribution in [0.3, 0.4) is 0 Å². The van der Waals surface area contributed by atoms with Crippen molar-refractivity contribution in [2.45, 2.75) is 19.0 Å². The summed E-state index contributed by atoms with van der Waals surface area (Å²) in [6, 6.07) is 2.30. The molecule has 0 aliphatic rings. The zero-order valence-corrected chi connectivity index (χ0v) is 11.7. The van der Waals surface area contributed by atoms with E-state index < -0.39 is 26.6 Å². The first-order chi connectivity index (χ1) is 9.09. The van der Waals surface area contributed by atoms with Gasteiger partial charge in [-0.05, 0) is 31.0 Å². The van der Waals surface area contributed by atoms with Crippen LogP contribution in [-0.2, 0) is 15.2 Å². The monoisotopic (exact) mass is 334 g/mol. The quantitative estimate of drug-likeness (QED) is 0.454. The minimum absolute atomic E-state index is 0.00926. The zero-order valence-electron chi connectivity index (χ0n) is 10.1. The normalized spacial score (nSPS) is 12.4. The van der Waals surface area contributed by atoms with Crippen LogP contribution in [0.25, 0.3) is 0 Å². The van der Waals surface area contributed by atoms with Crippen molar-refractivity contribution in [1.29, 1.82) is 0 Å². The summed E-state index contributed by atoms with van der Waals surface area (Å²) in [5, 5.41) is 0. The van der Waals surface area contributed by atoms with E-state index in [-0.39, 0.29) is 24.5 Å². The molecule has 0 saturated heterocycles. The third-order valence-corrected chi connectivity index (χ3v) is 3.53. The number of hydrogen-bond donors (Lipinski definition) is 0. The summed E-state index contributed by atoms with van der Waals surface area (Å²) in [6.07, 6.45) is -4.28. The Kier molecular flexibility index (Phi) is 5.64. The molecular weight excluding hydrogens is 324 g/mol. The summed E-state index contributed by atoms with van der Waals surface area (Å²) in [5.41, 5.74) is -1.40. The van der Waals surface area contributed by atoms with E-state index in [1.165, 1.54) is 0 Å². The van der Waals surface area contributed by atoms with E-state index in [0.29, 0.717) is 18.6 Å². The molecule has 0 atom stereocenters. The van der Waals surface area contributed by atoms with Crippen molar-refractivity contribution in [1.82, 2.24) is 0 Å². The second-order valence-electron chi connectivity index (χ2n) is 3.94. The van der Waals surface area contributed by atoms with Crippen molar-refractivity contribution < 1.29 is 30.7 Å². The molecule has 0 bridgehead atoms. The standard InChI is InChI=1S/C11H11ClF4O3S/c12-20(17,18)6-2-1-5-19-8-3-4-10(13)9(7-8)11(14,15)16/h3-4,7H,1-2,5-6H2. The van der Waals surface area contributed by atoms with Crippen LogP contribution in [0.15, 0.2) is 18.2 Å². The summed E-state index contributed by atoms with van der Waals surface area (Å²) >= 11 is 0. The Morgan fingerprint density at radius 2 is 1.85 bits per heavy atom. The minimum atomic E-state index is -4.80. The van der Waals surface area contributed by atoms with Crippen LogP contribution in [0, 0.1) is 5.82 Å². The Hall–Kier alpha value is -1.02. The number of unbranched alkanes of at least 4 members (excludes halogenated alkanes) is 1. The van der Waals surface area contributed by atoms with Gasteiger partial charge in [-0.2, -0.15) is 13.2 Å². The van der Waals surface area contributed by atoms with Crippen LogP contribution >= 0.6 is 10.7 Å². The SMILES string of the molecule is O=S(=O)(Cl)CCCCOc1ccc(F)c(C(F)(F)F)c1. The molecule has 9 heteroatoms. The van der Waals surface area contributed by atoms with E-state index in [9.17, 15) is 26.0 Å². The maximum atomic E-state index is 13.0. The van der Waals surface area contributed by atoms with Crippen molar-refractivity contribution in [3.63, 3.8) is 0 Å². The zero-order chi connectivity index (χ0) is 15.4. The highest BCUT2D eigenvalue weighted by atomic mass is 35.7. The molecule has 0 fully saturated rings. The number of benzene rings is 1. The highest BCUT2D eigenvalue weighted by molar-refractivity contribution is 8.13. The molecule has 3 nitrogen and oxygen atoms in total. The van der Waals surface area contributed by atoms with E-state index in [1.54, 1.807) is 0 Å². The number of halogens is 5. The van der Waals surface area contributed by atoms with E-state index in [0.717, 1.165) is 6.07 Å². The first kappa shape index (κ1) is 17.0. The summed E-state index contributed by atoms with van der Waals surface area (Å²) in [4.78, 5) is 0. The predicted molar refractivity (Wildman–Crippen MR) is 65.8 cm³/mol. The molecular formula is C11H11ClF4O3S. The average molecular weight is 335 g/mol. The van der Waals surface area contributed by atoms with Gasteiger partial charge in [0.2, 0.25) is 9.05 Å². The molecule has 1 rings (SSSR count). The Bertz CT molecular complexity index is 557. The van der Waals surface area contributed by atoms with Crippen molar-refractivity contribution >= 4 is 19.7 Å². The molecule has 0 N–H and O–H groups in total. The van der Waals surface area contributed by atoms with Gasteiger partial charge in [-0.25, -0.2) is 12.8 Å². The summed E-state index contributed by atoms with van der Waals surface area (Å²) in [7, 11) is 1.40. The molecule has 0 amide bonds. The number of ether oxygens (including phenoxy) is 1. The van der Waals surface area contributed by atoms with Gasteiger partial charge in [-0.15, -0.1) is 0 Å². The second-order valence-corrected chi connectivity index (χ2v) is 6.83. The molecule has 0 spiro atoms. The average Bonchev–Trinajstić information content (AvgIpc) is 2.27. The molecule has 0 aliphatic carbocycles. The molecule has 0 heterocycles. The van der Waals surface area contributed by atoms with Crippen LogP contribution in [0.1, 0.15) is 18.4 Å². The Balaban J connectivity index is 2.53. The molecule has 0 radical (unpaired) electrons. The van der Waals surface area contributed by atoms with E-state index in [2.05, 4.69) is 0 Å². The maximum absolute atomic E-state index is 13.0. The van der Waals surface area contributed by atoms with Gasteiger partial charge < -0.3 is 4.74 Å². The van der Waals surface area contributed by atoms with Crippen molar-refractivity contribution in [2.24, 2.45) is 0 Å². The molecule has 0 saturated carbocycles. The van der Waals surface area contributed by atoms with Crippen LogP contribution < -0.4 is 4.74 Å². The Morgan fingerprint density at radius 3 is 2.40 bits per heavy atom. The fourth-order valence-corrected chi connectivity index (χ4v) is 2.25. The van der Waals surface area contributed by atoms with E-state index in [1.807, 2.05) is 0 Å². The Morgan fingerprint density at radius 1 is 1.20 bits per heavy atom. The third-order valence-electron chi connectivity index (χ3n) is 2.29. The smallest absolute Gasteiger partial charge is 0.419 e. The predicted octanol–water partition coefficient (Wildman–Crippen LogP) is 3.57. The number of alkyl halides is 3. The van der Waals surface area contributed by atoms with Crippen LogP contribution in [0.4, 0.5) is 17.6 Å². The lowest BCUT2D eigenvalue weighted by atomic mass is 10.2. The van der Waals surface area contributed by atoms with Gasteiger partial charge in [0.15, 0.2) is 0 Å². The van der Waals surface area contributed by atoms with Crippen molar-refractivity contribution in [3.8, 4) is 5.75 Å². The first-order valence-electron chi connectivity index (χ1n) is 5.51. The first-order valence-corrected chi connectivity index (χ1v) is 7.99. The van der Waals surface area contributed by atoms with Crippen LogP contribution in [0.2, 0.25) is 0 Å². The summed E-state index contributed by atoms with van der Waals surface area (Å²) in [6.45, 7) is 0.00926. The molecule has 20 heavy (non-hydrogen) atoms. The van der Waals surface area contributed by atoms with Crippen molar-refractivity contribution in [2.75, 3.05) is 12.4 Å². The lowest BCUT2D eigenvalue weighted by Gasteiger charge is -2.11. The second kappa shape index (κ2) is 6.62. The topological polar surface area (TPSA) is 43.4 Å². The lowest BCUT2D eigenvalue weighted by molar-refractivity contribution is -0.140. The van der Waals surface area contributed by atoms with Gasteiger partial charge in [0.25, 0.3) is 0 Å². The largest absolute Gasteiger partial charge is 0.494 e. The Labute approximate surface area is 117 Å². The number of rotatable bonds is 6. The van der Waals surface area contributed by atoms with Gasteiger partial charge in [0, 0.05) is 10.7 Å². The van der Waals surface area contributed by atoms with E-state index in [4.69, 9.17) is 15.4 Å². The number of hydrogen-bond acceptors (Lipinski definition) is 3. The van der Waals surface area contributed by atoms with Gasteiger partial charge in [-0.1, -0.05) is 0 Å². The molecule has 114 valence electrons. The summed E-state index contributed by atoms with van der Waals surface area (Å²) < 4.78 is 76.5. The molecule has 1 aromatic rings. The van der Waals surface area contributed by atoms with Gasteiger partial charge >= 0.3 is 6.18 Å². The third kappa shape index (κ3) is 5.96. The summed E-state index contributed by atoms with van der Waals surface area (Å²) in [5.74, 6) is -1.75. The molecule has 0 aromatic heterocycles. The molecule has 0 aliphatic heterocycles. The maximum Gasteiger partial charge on any atom is 0.419 e. The molecule has 1 aromatic carbocycles. The fourth-order valence-electron chi connectivity index (χ4n) is 1.38. The highest BCUT2D eigenvalue weighted by Gasteiger charge is 2.34. The van der Waals surface area contributed by atoms with Crippen LogP contribution in [0.5, 0.6) is 5.75 Å². The van der Waals surface area contributed by atoms with Crippen molar-refractivity contribution in [3.05, 3.63) is 29.6 Å². The lowest BCUT2D eigenvalue weighted by Crippen LogP contribution is -2.09. The van der Waals surface area contributed by atoms with E-state index >= 15 is 0 Å². The highest BCUT2D eigenvalue weighted by Crippen LogP contribution is 2.33. The molecule has 0 unspecified atom stereocenters. The van der Waals surface area contributed by atoms with Gasteiger partial charge in [0.1, 0.15) is 11.6 Å². The van der Waals surface area contributed by atoms with Gasteiger partial charge in [0.05, 0.1) is 17.9 Å². The van der Waals surface area contributed by atoms with Gasteiger partial charge in [-0.3, -0.25) is 0 Å². The van der Waals surface area contributed by atoms with Crippen LogP contribution in [-0.4, -0.2) is 20.8 Å². The fraction of sp³-hybridized carbons (Fsp3) is 0.455.